The van der Waals surface area contributed by atoms with Crippen LogP contribution in [0.2, 0.25) is 0 Å². The third kappa shape index (κ3) is 6.04. The molecule has 136 valence electrons. The molecule has 0 aromatic heterocycles. The number of hydrogen-bond donors (Lipinski definition) is 2. The molecule has 0 aliphatic carbocycles. The van der Waals surface area contributed by atoms with Gasteiger partial charge in [0.15, 0.2) is 5.96 Å². The lowest BCUT2D eigenvalue weighted by molar-refractivity contribution is -0.00834. The fourth-order valence-corrected chi connectivity index (χ4v) is 2.83. The van der Waals surface area contributed by atoms with E-state index < -0.39 is 0 Å². The molecule has 0 unspecified atom stereocenters. The van der Waals surface area contributed by atoms with Crippen LogP contribution in [0.25, 0.3) is 0 Å². The first-order chi connectivity index (χ1) is 12.0. The van der Waals surface area contributed by atoms with Crippen molar-refractivity contribution < 1.29 is 4.74 Å². The first-order valence-corrected chi connectivity index (χ1v) is 8.89. The van der Waals surface area contributed by atoms with Crippen molar-refractivity contribution in [1.82, 2.24) is 15.5 Å². The summed E-state index contributed by atoms with van der Waals surface area (Å²) in [5, 5.41) is 15.7. The van der Waals surface area contributed by atoms with Crippen LogP contribution in [0.1, 0.15) is 31.9 Å². The van der Waals surface area contributed by atoms with Crippen molar-refractivity contribution in [2.75, 3.05) is 39.4 Å². The highest BCUT2D eigenvalue weighted by Crippen LogP contribution is 2.15. The van der Waals surface area contributed by atoms with Crippen LogP contribution in [-0.2, 0) is 11.3 Å². The van der Waals surface area contributed by atoms with Crippen LogP contribution in [0.5, 0.6) is 0 Å². The summed E-state index contributed by atoms with van der Waals surface area (Å²) in [6.07, 6.45) is 0. The van der Waals surface area contributed by atoms with Gasteiger partial charge in [0.1, 0.15) is 0 Å². The molecule has 25 heavy (non-hydrogen) atoms. The molecule has 1 aromatic rings. The lowest BCUT2D eigenvalue weighted by atomic mass is 10.0. The molecule has 1 saturated heterocycles. The van der Waals surface area contributed by atoms with Gasteiger partial charge in [-0.05, 0) is 38.5 Å². The minimum atomic E-state index is 0.0285. The molecule has 0 radical (unpaired) electrons. The van der Waals surface area contributed by atoms with Gasteiger partial charge in [-0.15, -0.1) is 0 Å². The summed E-state index contributed by atoms with van der Waals surface area (Å²) in [6, 6.07) is 9.74. The molecule has 2 rings (SSSR count). The molecule has 6 heteroatoms. The fourth-order valence-electron chi connectivity index (χ4n) is 2.83. The second-order valence-electron chi connectivity index (χ2n) is 6.77. The van der Waals surface area contributed by atoms with Crippen molar-refractivity contribution in [1.29, 1.82) is 5.26 Å². The van der Waals surface area contributed by atoms with Gasteiger partial charge in [0.25, 0.3) is 0 Å². The average molecular weight is 343 g/mol. The molecule has 1 aromatic carbocycles. The van der Waals surface area contributed by atoms with Crippen molar-refractivity contribution in [3.8, 4) is 6.07 Å². The van der Waals surface area contributed by atoms with Crippen LogP contribution in [0.3, 0.4) is 0 Å². The predicted molar refractivity (Wildman–Crippen MR) is 100 cm³/mol. The van der Waals surface area contributed by atoms with E-state index in [9.17, 15) is 0 Å². The summed E-state index contributed by atoms with van der Waals surface area (Å²) in [5.41, 5.74) is 1.73. The third-order valence-corrected chi connectivity index (χ3v) is 4.38. The first-order valence-electron chi connectivity index (χ1n) is 8.89. The number of guanidine groups is 1. The molecule has 0 saturated carbocycles. The SMILES string of the molecule is CCNC(=NCc1cccc(C#N)c1)NCC(C)(C)N1CCOCC1. The van der Waals surface area contributed by atoms with Gasteiger partial charge < -0.3 is 15.4 Å². The summed E-state index contributed by atoms with van der Waals surface area (Å²) in [6.45, 7) is 12.2. The van der Waals surface area contributed by atoms with Crippen LogP contribution in [0, 0.1) is 11.3 Å². The number of aliphatic imine (C=N–C) groups is 1. The molecule has 2 N–H and O–H groups in total. The topological polar surface area (TPSA) is 72.7 Å². The Morgan fingerprint density at radius 3 is 2.76 bits per heavy atom. The number of nitrogens with one attached hydrogen (secondary N) is 2. The van der Waals surface area contributed by atoms with Crippen LogP contribution >= 0.6 is 0 Å². The number of nitrogens with zero attached hydrogens (tertiary/aromatic N) is 3. The Kier molecular flexibility index (Phi) is 7.23. The van der Waals surface area contributed by atoms with Gasteiger partial charge in [-0.3, -0.25) is 4.90 Å². The van der Waals surface area contributed by atoms with E-state index in [2.05, 4.69) is 47.4 Å². The van der Waals surface area contributed by atoms with E-state index in [1.165, 1.54) is 0 Å². The summed E-state index contributed by atoms with van der Waals surface area (Å²) in [4.78, 5) is 7.10. The van der Waals surface area contributed by atoms with E-state index in [0.29, 0.717) is 12.1 Å². The van der Waals surface area contributed by atoms with Crippen LogP contribution in [-0.4, -0.2) is 55.8 Å². The molecule has 1 aliphatic rings. The molecule has 1 fully saturated rings. The van der Waals surface area contributed by atoms with E-state index in [1.54, 1.807) is 0 Å². The zero-order chi connectivity index (χ0) is 18.1. The van der Waals surface area contributed by atoms with E-state index in [4.69, 9.17) is 10.00 Å². The van der Waals surface area contributed by atoms with Gasteiger partial charge in [-0.1, -0.05) is 12.1 Å². The minimum Gasteiger partial charge on any atom is -0.379 e. The Hall–Kier alpha value is -2.10. The quantitative estimate of drug-likeness (QED) is 0.608. The Labute approximate surface area is 150 Å². The molecular formula is C19H29N5O. The Bertz CT molecular complexity index is 614. The lowest BCUT2D eigenvalue weighted by Gasteiger charge is -2.41. The molecule has 0 atom stereocenters. The zero-order valence-electron chi connectivity index (χ0n) is 15.5. The number of benzene rings is 1. The van der Waals surface area contributed by atoms with Crippen molar-refractivity contribution in [2.45, 2.75) is 32.9 Å². The molecule has 0 spiro atoms. The third-order valence-electron chi connectivity index (χ3n) is 4.38. The fraction of sp³-hybridized carbons (Fsp3) is 0.579. The van der Waals surface area contributed by atoms with Crippen LogP contribution in [0.4, 0.5) is 0 Å². The Morgan fingerprint density at radius 2 is 2.08 bits per heavy atom. The van der Waals surface area contributed by atoms with Crippen molar-refractivity contribution in [3.63, 3.8) is 0 Å². The van der Waals surface area contributed by atoms with Crippen molar-refractivity contribution in [3.05, 3.63) is 35.4 Å². The number of hydrogen-bond acceptors (Lipinski definition) is 4. The van der Waals surface area contributed by atoms with E-state index in [0.717, 1.165) is 50.9 Å². The van der Waals surface area contributed by atoms with E-state index in [1.807, 2.05) is 24.3 Å². The lowest BCUT2D eigenvalue weighted by Crippen LogP contribution is -2.56. The number of morpholine rings is 1. The van der Waals surface area contributed by atoms with Gasteiger partial charge in [-0.25, -0.2) is 4.99 Å². The second kappa shape index (κ2) is 9.40. The van der Waals surface area contributed by atoms with Crippen molar-refractivity contribution >= 4 is 5.96 Å². The first kappa shape index (κ1) is 19.2. The van der Waals surface area contributed by atoms with Gasteiger partial charge in [-0.2, -0.15) is 5.26 Å². The van der Waals surface area contributed by atoms with Gasteiger partial charge in [0, 0.05) is 31.7 Å². The van der Waals surface area contributed by atoms with Gasteiger partial charge >= 0.3 is 0 Å². The predicted octanol–water partition coefficient (Wildman–Crippen LogP) is 1.72. The molecular weight excluding hydrogens is 314 g/mol. The maximum absolute atomic E-state index is 9.00. The molecule has 0 bridgehead atoms. The molecule has 6 nitrogen and oxygen atoms in total. The van der Waals surface area contributed by atoms with Gasteiger partial charge in [0.2, 0.25) is 0 Å². The molecule has 0 amide bonds. The standard InChI is InChI=1S/C19H29N5O/c1-4-21-18(22-14-17-7-5-6-16(12-17)13-20)23-15-19(2,3)24-8-10-25-11-9-24/h5-7,12H,4,8-11,14-15H2,1-3H3,(H2,21,22,23). The van der Waals surface area contributed by atoms with Crippen molar-refractivity contribution in [2.24, 2.45) is 4.99 Å². The van der Waals surface area contributed by atoms with E-state index in [-0.39, 0.29) is 5.54 Å². The number of rotatable bonds is 6. The zero-order valence-corrected chi connectivity index (χ0v) is 15.5. The highest BCUT2D eigenvalue weighted by Gasteiger charge is 2.28. The Morgan fingerprint density at radius 1 is 1.32 bits per heavy atom. The van der Waals surface area contributed by atoms with Crippen LogP contribution < -0.4 is 10.6 Å². The highest BCUT2D eigenvalue weighted by molar-refractivity contribution is 5.79. The maximum Gasteiger partial charge on any atom is 0.191 e. The largest absolute Gasteiger partial charge is 0.379 e. The average Bonchev–Trinajstić information content (AvgIpc) is 2.65. The number of nitriles is 1. The summed E-state index contributed by atoms with van der Waals surface area (Å²) in [5.74, 6) is 0.797. The highest BCUT2D eigenvalue weighted by atomic mass is 16.5. The minimum absolute atomic E-state index is 0.0285. The summed E-state index contributed by atoms with van der Waals surface area (Å²) in [7, 11) is 0. The molecule has 1 heterocycles. The second-order valence-corrected chi connectivity index (χ2v) is 6.77. The van der Waals surface area contributed by atoms with E-state index >= 15 is 0 Å². The summed E-state index contributed by atoms with van der Waals surface area (Å²) >= 11 is 0. The normalized spacial score (nSPS) is 16.3. The molecule has 1 aliphatic heterocycles. The Balaban J connectivity index is 1.95. The smallest absolute Gasteiger partial charge is 0.191 e. The number of ether oxygens (including phenoxy) is 1. The maximum atomic E-state index is 9.00. The van der Waals surface area contributed by atoms with Gasteiger partial charge in [0.05, 0.1) is 31.4 Å². The monoisotopic (exact) mass is 343 g/mol. The van der Waals surface area contributed by atoms with Crippen LogP contribution in [0.15, 0.2) is 29.3 Å². The summed E-state index contributed by atoms with van der Waals surface area (Å²) < 4.78 is 5.44.